The van der Waals surface area contributed by atoms with Crippen molar-refractivity contribution in [3.05, 3.63) is 51.5 Å². The minimum absolute atomic E-state index is 0.0591. The molecule has 2 heterocycles. The van der Waals surface area contributed by atoms with E-state index < -0.39 is 0 Å². The van der Waals surface area contributed by atoms with Crippen molar-refractivity contribution in [1.29, 1.82) is 0 Å². The highest BCUT2D eigenvalue weighted by Gasteiger charge is 2.29. The molecule has 1 atom stereocenters. The molecule has 5 nitrogen and oxygen atoms in total. The number of aromatic nitrogens is 1. The Morgan fingerprint density at radius 2 is 2.29 bits per heavy atom. The normalized spacial score (nSPS) is 16.8. The van der Waals surface area contributed by atoms with Gasteiger partial charge in [0.2, 0.25) is 0 Å². The summed E-state index contributed by atoms with van der Waals surface area (Å²) in [5.41, 5.74) is 3.29. The fourth-order valence-electron chi connectivity index (χ4n) is 3.12. The van der Waals surface area contributed by atoms with Crippen LogP contribution in [0.3, 0.4) is 0 Å². The number of rotatable bonds is 5. The lowest BCUT2D eigenvalue weighted by atomic mass is 9.93. The molecule has 6 heteroatoms. The lowest BCUT2D eigenvalue weighted by molar-refractivity contribution is 0.127. The molecule has 1 aliphatic rings. The Labute approximate surface area is 146 Å². The van der Waals surface area contributed by atoms with Gasteiger partial charge in [0.15, 0.2) is 0 Å². The summed E-state index contributed by atoms with van der Waals surface area (Å²) in [4.78, 5) is 18.8. The van der Waals surface area contributed by atoms with Gasteiger partial charge < -0.3 is 15.3 Å². The van der Waals surface area contributed by atoms with E-state index in [0.29, 0.717) is 13.1 Å². The summed E-state index contributed by atoms with van der Waals surface area (Å²) in [7, 11) is 0. The molecule has 0 saturated heterocycles. The molecule has 1 aromatic carbocycles. The van der Waals surface area contributed by atoms with E-state index in [2.05, 4.69) is 28.7 Å². The lowest BCUT2D eigenvalue weighted by Gasteiger charge is -2.36. The first kappa shape index (κ1) is 16.9. The molecule has 3 rings (SSSR count). The Kier molecular flexibility index (Phi) is 5.48. The SMILES string of the molecule is CCc1nc(CCNC(=O)N2CCc3ccccc3C2CO)cs1. The number of nitrogens with one attached hydrogen (secondary N) is 1. The largest absolute Gasteiger partial charge is 0.394 e. The zero-order valence-corrected chi connectivity index (χ0v) is 14.7. The number of benzene rings is 1. The number of amides is 2. The van der Waals surface area contributed by atoms with Crippen LogP contribution in [0.15, 0.2) is 29.6 Å². The third kappa shape index (κ3) is 3.60. The van der Waals surface area contributed by atoms with Gasteiger partial charge in [0.25, 0.3) is 0 Å². The average molecular weight is 345 g/mol. The molecule has 2 N–H and O–H groups in total. The Bertz CT molecular complexity index is 701. The highest BCUT2D eigenvalue weighted by Crippen LogP contribution is 2.29. The molecular formula is C18H23N3O2S. The van der Waals surface area contributed by atoms with Crippen molar-refractivity contribution in [1.82, 2.24) is 15.2 Å². The maximum Gasteiger partial charge on any atom is 0.318 e. The van der Waals surface area contributed by atoms with Crippen LogP contribution < -0.4 is 5.32 Å². The molecule has 24 heavy (non-hydrogen) atoms. The molecule has 0 aliphatic carbocycles. The number of carbonyl (C=O) groups is 1. The van der Waals surface area contributed by atoms with Crippen molar-refractivity contribution in [3.8, 4) is 0 Å². The topological polar surface area (TPSA) is 65.5 Å². The average Bonchev–Trinajstić information content (AvgIpc) is 3.08. The van der Waals surface area contributed by atoms with Gasteiger partial charge in [0.1, 0.15) is 0 Å². The highest BCUT2D eigenvalue weighted by atomic mass is 32.1. The van der Waals surface area contributed by atoms with E-state index >= 15 is 0 Å². The van der Waals surface area contributed by atoms with Crippen LogP contribution in [-0.2, 0) is 19.3 Å². The summed E-state index contributed by atoms with van der Waals surface area (Å²) in [6, 6.07) is 7.64. The number of thiazole rings is 1. The summed E-state index contributed by atoms with van der Waals surface area (Å²) in [5.74, 6) is 0. The number of aliphatic hydroxyl groups is 1. The van der Waals surface area contributed by atoms with E-state index in [1.165, 1.54) is 5.56 Å². The van der Waals surface area contributed by atoms with Crippen LogP contribution in [0.2, 0.25) is 0 Å². The van der Waals surface area contributed by atoms with Crippen LogP contribution in [0.5, 0.6) is 0 Å². The van der Waals surface area contributed by atoms with Crippen molar-refractivity contribution < 1.29 is 9.90 Å². The first-order chi connectivity index (χ1) is 11.7. The number of fused-ring (bicyclic) bond motifs is 1. The van der Waals surface area contributed by atoms with Gasteiger partial charge in [-0.1, -0.05) is 31.2 Å². The monoisotopic (exact) mass is 345 g/mol. The summed E-state index contributed by atoms with van der Waals surface area (Å²) in [5, 5.41) is 15.9. The van der Waals surface area contributed by atoms with Crippen molar-refractivity contribution >= 4 is 17.4 Å². The number of aryl methyl sites for hydroxylation is 1. The minimum atomic E-state index is -0.263. The predicted octanol–water partition coefficient (Wildman–Crippen LogP) is 2.55. The van der Waals surface area contributed by atoms with Crippen molar-refractivity contribution in [2.45, 2.75) is 32.2 Å². The third-order valence-corrected chi connectivity index (χ3v) is 5.45. The first-order valence-corrected chi connectivity index (χ1v) is 9.27. The number of hydrogen-bond acceptors (Lipinski definition) is 4. The molecule has 2 amide bonds. The van der Waals surface area contributed by atoms with Crippen molar-refractivity contribution in [2.75, 3.05) is 19.7 Å². The Balaban J connectivity index is 1.58. The van der Waals surface area contributed by atoms with E-state index in [9.17, 15) is 9.90 Å². The zero-order chi connectivity index (χ0) is 16.9. The molecule has 0 bridgehead atoms. The Morgan fingerprint density at radius 1 is 1.46 bits per heavy atom. The van der Waals surface area contributed by atoms with Gasteiger partial charge in [0.05, 0.1) is 23.4 Å². The minimum Gasteiger partial charge on any atom is -0.394 e. The molecule has 1 aromatic heterocycles. The van der Waals surface area contributed by atoms with Crippen LogP contribution in [0.25, 0.3) is 0 Å². The number of carbonyl (C=O) groups excluding carboxylic acids is 1. The van der Waals surface area contributed by atoms with Crippen LogP contribution in [0.1, 0.15) is 34.8 Å². The Hall–Kier alpha value is -1.92. The van der Waals surface area contributed by atoms with Crippen molar-refractivity contribution in [3.63, 3.8) is 0 Å². The second kappa shape index (κ2) is 7.77. The summed E-state index contributed by atoms with van der Waals surface area (Å²) in [6.45, 7) is 3.22. The van der Waals surface area contributed by atoms with E-state index in [1.807, 2.05) is 18.2 Å². The molecule has 128 valence electrons. The predicted molar refractivity (Wildman–Crippen MR) is 95.3 cm³/mol. The van der Waals surface area contributed by atoms with Gasteiger partial charge in [-0.25, -0.2) is 9.78 Å². The van der Waals surface area contributed by atoms with Gasteiger partial charge in [-0.05, 0) is 24.0 Å². The van der Waals surface area contributed by atoms with Gasteiger partial charge in [-0.3, -0.25) is 0 Å². The van der Waals surface area contributed by atoms with Crippen molar-refractivity contribution in [2.24, 2.45) is 0 Å². The zero-order valence-electron chi connectivity index (χ0n) is 13.9. The van der Waals surface area contributed by atoms with E-state index in [1.54, 1.807) is 16.2 Å². The fourth-order valence-corrected chi connectivity index (χ4v) is 3.90. The van der Waals surface area contributed by atoms with Gasteiger partial charge >= 0.3 is 6.03 Å². The summed E-state index contributed by atoms with van der Waals surface area (Å²) < 4.78 is 0. The van der Waals surface area contributed by atoms with Gasteiger partial charge in [0, 0.05) is 24.9 Å². The smallest absolute Gasteiger partial charge is 0.318 e. The quantitative estimate of drug-likeness (QED) is 0.875. The second-order valence-corrected chi connectivity index (χ2v) is 6.85. The van der Waals surface area contributed by atoms with E-state index in [0.717, 1.165) is 35.5 Å². The molecule has 0 fully saturated rings. The second-order valence-electron chi connectivity index (χ2n) is 5.91. The summed E-state index contributed by atoms with van der Waals surface area (Å²) in [6.07, 6.45) is 2.50. The number of nitrogens with zero attached hydrogens (tertiary/aromatic N) is 2. The molecule has 0 spiro atoms. The molecule has 0 radical (unpaired) electrons. The number of urea groups is 1. The van der Waals surface area contributed by atoms with Gasteiger partial charge in [-0.15, -0.1) is 11.3 Å². The Morgan fingerprint density at radius 3 is 3.04 bits per heavy atom. The molecule has 1 aliphatic heterocycles. The van der Waals surface area contributed by atoms with Crippen LogP contribution >= 0.6 is 11.3 Å². The number of aliphatic hydroxyl groups excluding tert-OH is 1. The van der Waals surface area contributed by atoms with Crippen LogP contribution in [0, 0.1) is 0 Å². The summed E-state index contributed by atoms with van der Waals surface area (Å²) >= 11 is 1.67. The lowest BCUT2D eigenvalue weighted by Crippen LogP contribution is -2.47. The van der Waals surface area contributed by atoms with Gasteiger partial charge in [-0.2, -0.15) is 0 Å². The standard InChI is InChI=1S/C18H23N3O2S/c1-2-17-20-14(12-24-17)7-9-19-18(23)21-10-8-13-5-3-4-6-15(13)16(21)11-22/h3-6,12,16,22H,2,7-11H2,1H3,(H,19,23). The maximum absolute atomic E-state index is 12.5. The molecule has 2 aromatic rings. The molecule has 1 unspecified atom stereocenters. The molecule has 0 saturated carbocycles. The number of hydrogen-bond donors (Lipinski definition) is 2. The van der Waals surface area contributed by atoms with E-state index in [4.69, 9.17) is 0 Å². The van der Waals surface area contributed by atoms with Crippen LogP contribution in [0.4, 0.5) is 4.79 Å². The third-order valence-electron chi connectivity index (χ3n) is 4.41. The highest BCUT2D eigenvalue weighted by molar-refractivity contribution is 7.09. The first-order valence-electron chi connectivity index (χ1n) is 8.39. The molecular weight excluding hydrogens is 322 g/mol. The maximum atomic E-state index is 12.5. The van der Waals surface area contributed by atoms with E-state index in [-0.39, 0.29) is 18.7 Å². The van der Waals surface area contributed by atoms with Crippen LogP contribution in [-0.4, -0.2) is 40.7 Å². The fraction of sp³-hybridized carbons (Fsp3) is 0.444.